The number of aromatic nitrogens is 2. The molecule has 1 aliphatic rings. The van der Waals surface area contributed by atoms with Crippen LogP contribution in [0.25, 0.3) is 44.1 Å². The van der Waals surface area contributed by atoms with Crippen LogP contribution in [0.4, 0.5) is 0 Å². The molecular weight excluding hydrogens is 392 g/mol. The molecule has 3 aromatic heterocycles. The number of hydrogen-bond donors (Lipinski definition) is 0. The van der Waals surface area contributed by atoms with Crippen molar-refractivity contribution in [1.82, 2.24) is 9.97 Å². The Balaban J connectivity index is 1.61. The quantitative estimate of drug-likeness (QED) is 0.289. The van der Waals surface area contributed by atoms with Crippen molar-refractivity contribution in [2.45, 2.75) is 52.9 Å². The molecule has 3 heteroatoms. The lowest BCUT2D eigenvalue weighted by molar-refractivity contribution is 0.376. The van der Waals surface area contributed by atoms with Gasteiger partial charge in [-0.1, -0.05) is 32.0 Å². The van der Waals surface area contributed by atoms with Gasteiger partial charge in [0.15, 0.2) is 0 Å². The van der Waals surface area contributed by atoms with Crippen LogP contribution in [-0.4, -0.2) is 9.97 Å². The summed E-state index contributed by atoms with van der Waals surface area (Å²) in [6, 6.07) is 17.5. The normalized spacial score (nSPS) is 18.2. The maximum absolute atomic E-state index is 6.33. The molecule has 0 radical (unpaired) electrons. The minimum Gasteiger partial charge on any atom is -0.437 e. The average Bonchev–Trinajstić information content (AvgIpc) is 3.31. The summed E-state index contributed by atoms with van der Waals surface area (Å²) < 4.78 is 6.33. The highest BCUT2D eigenvalue weighted by Gasteiger charge is 2.32. The first-order valence-corrected chi connectivity index (χ1v) is 11.6. The summed E-state index contributed by atoms with van der Waals surface area (Å²) in [5.41, 5.74) is 7.64. The molecule has 160 valence electrons. The molecule has 2 aromatic carbocycles. The number of hydrogen-bond acceptors (Lipinski definition) is 3. The largest absolute Gasteiger partial charge is 0.437 e. The van der Waals surface area contributed by atoms with Gasteiger partial charge in [0.2, 0.25) is 5.71 Å². The van der Waals surface area contributed by atoms with Crippen LogP contribution in [0.3, 0.4) is 0 Å². The predicted molar refractivity (Wildman–Crippen MR) is 132 cm³/mol. The van der Waals surface area contributed by atoms with Crippen molar-refractivity contribution in [3.05, 3.63) is 71.5 Å². The van der Waals surface area contributed by atoms with Crippen LogP contribution in [0.1, 0.15) is 55.8 Å². The Morgan fingerprint density at radius 3 is 2.62 bits per heavy atom. The lowest BCUT2D eigenvalue weighted by Gasteiger charge is -2.19. The summed E-state index contributed by atoms with van der Waals surface area (Å²) >= 11 is 0. The van der Waals surface area contributed by atoms with E-state index in [9.17, 15) is 0 Å². The molecule has 0 spiro atoms. The Labute approximate surface area is 188 Å². The molecule has 1 atom stereocenters. The zero-order chi connectivity index (χ0) is 22.0. The lowest BCUT2D eigenvalue weighted by atomic mass is 9.86. The molecular formula is C29H28N2O. The minimum atomic E-state index is 0.421. The van der Waals surface area contributed by atoms with Gasteiger partial charge in [0, 0.05) is 33.6 Å². The monoisotopic (exact) mass is 420 g/mol. The minimum absolute atomic E-state index is 0.421. The predicted octanol–water partition coefficient (Wildman–Crippen LogP) is 8.11. The van der Waals surface area contributed by atoms with E-state index in [1.165, 1.54) is 41.2 Å². The van der Waals surface area contributed by atoms with Crippen molar-refractivity contribution >= 4 is 32.8 Å². The third-order valence-electron chi connectivity index (χ3n) is 7.22. The second-order valence-electron chi connectivity index (χ2n) is 10.3. The zero-order valence-corrected chi connectivity index (χ0v) is 19.2. The number of furan rings is 1. The zero-order valence-electron chi connectivity index (χ0n) is 19.2. The highest BCUT2D eigenvalue weighted by molar-refractivity contribution is 6.11. The number of benzene rings is 2. The Kier molecular flexibility index (Phi) is 4.20. The summed E-state index contributed by atoms with van der Waals surface area (Å²) in [4.78, 5) is 9.50. The standard InChI is InChI=1S/C29H28N2O/c1-17-14-24-23-9-8-18(2)31-28(23)32-27(24)25(15-17)26-22-7-5-6-20(21(22)11-13-30-26)19-10-12-29(3,4)16-19/h5-9,11,13-15,19H,10,12,16H2,1-4H3. The highest BCUT2D eigenvalue weighted by atomic mass is 16.3. The van der Waals surface area contributed by atoms with Crippen molar-refractivity contribution in [3.63, 3.8) is 0 Å². The number of aryl methyl sites for hydroxylation is 2. The first-order valence-electron chi connectivity index (χ1n) is 11.6. The van der Waals surface area contributed by atoms with Crippen LogP contribution in [0.2, 0.25) is 0 Å². The number of nitrogens with zero attached hydrogens (tertiary/aromatic N) is 2. The van der Waals surface area contributed by atoms with Crippen LogP contribution >= 0.6 is 0 Å². The van der Waals surface area contributed by atoms with Crippen molar-refractivity contribution in [2.75, 3.05) is 0 Å². The van der Waals surface area contributed by atoms with E-state index in [0.717, 1.165) is 33.3 Å². The molecule has 3 nitrogen and oxygen atoms in total. The molecule has 0 bridgehead atoms. The molecule has 5 aromatic rings. The third kappa shape index (κ3) is 3.02. The van der Waals surface area contributed by atoms with Gasteiger partial charge in [-0.25, -0.2) is 4.98 Å². The summed E-state index contributed by atoms with van der Waals surface area (Å²) in [7, 11) is 0. The number of rotatable bonds is 2. The summed E-state index contributed by atoms with van der Waals surface area (Å²) in [5, 5.41) is 4.69. The van der Waals surface area contributed by atoms with E-state index in [1.807, 2.05) is 19.2 Å². The van der Waals surface area contributed by atoms with Crippen LogP contribution in [0, 0.1) is 19.3 Å². The molecule has 1 saturated carbocycles. The Bertz CT molecular complexity index is 1510. The molecule has 0 aliphatic heterocycles. The van der Waals surface area contributed by atoms with Gasteiger partial charge in [0.1, 0.15) is 5.58 Å². The van der Waals surface area contributed by atoms with Gasteiger partial charge in [-0.2, -0.15) is 0 Å². The second kappa shape index (κ2) is 6.90. The van der Waals surface area contributed by atoms with Gasteiger partial charge < -0.3 is 4.42 Å². The lowest BCUT2D eigenvalue weighted by Crippen LogP contribution is -2.05. The SMILES string of the molecule is Cc1cc(-c2nccc3c(C4CCC(C)(C)C4)cccc23)c2oc3nc(C)ccc3c2c1. The molecule has 1 fully saturated rings. The van der Waals surface area contributed by atoms with Gasteiger partial charge in [-0.15, -0.1) is 0 Å². The fraction of sp³-hybridized carbons (Fsp3) is 0.310. The third-order valence-corrected chi connectivity index (χ3v) is 7.22. The van der Waals surface area contributed by atoms with E-state index in [-0.39, 0.29) is 0 Å². The number of pyridine rings is 2. The Hall–Kier alpha value is -3.20. The van der Waals surface area contributed by atoms with E-state index in [0.29, 0.717) is 17.0 Å². The van der Waals surface area contributed by atoms with E-state index in [4.69, 9.17) is 9.40 Å². The Morgan fingerprint density at radius 2 is 1.81 bits per heavy atom. The Morgan fingerprint density at radius 1 is 0.938 bits per heavy atom. The molecule has 1 aliphatic carbocycles. The van der Waals surface area contributed by atoms with Gasteiger partial charge in [0.05, 0.1) is 5.69 Å². The second-order valence-corrected chi connectivity index (χ2v) is 10.3. The van der Waals surface area contributed by atoms with E-state index in [1.54, 1.807) is 0 Å². The summed E-state index contributed by atoms with van der Waals surface area (Å²) in [6.07, 6.45) is 5.75. The maximum Gasteiger partial charge on any atom is 0.227 e. The topological polar surface area (TPSA) is 38.9 Å². The van der Waals surface area contributed by atoms with Crippen molar-refractivity contribution < 1.29 is 4.42 Å². The molecule has 1 unspecified atom stereocenters. The number of fused-ring (bicyclic) bond motifs is 4. The first kappa shape index (κ1) is 19.5. The van der Waals surface area contributed by atoms with Gasteiger partial charge in [0.25, 0.3) is 0 Å². The van der Waals surface area contributed by atoms with Gasteiger partial charge >= 0.3 is 0 Å². The summed E-state index contributed by atoms with van der Waals surface area (Å²) in [6.45, 7) is 8.93. The van der Waals surface area contributed by atoms with E-state index >= 15 is 0 Å². The maximum atomic E-state index is 6.33. The van der Waals surface area contributed by atoms with Gasteiger partial charge in [-0.3, -0.25) is 4.98 Å². The molecule has 0 N–H and O–H groups in total. The molecule has 0 amide bonds. The molecule has 3 heterocycles. The van der Waals surface area contributed by atoms with Crippen LogP contribution in [-0.2, 0) is 0 Å². The van der Waals surface area contributed by atoms with Crippen LogP contribution in [0.5, 0.6) is 0 Å². The summed E-state index contributed by atoms with van der Waals surface area (Å²) in [5.74, 6) is 0.611. The first-order chi connectivity index (χ1) is 15.4. The van der Waals surface area contributed by atoms with E-state index < -0.39 is 0 Å². The molecule has 32 heavy (non-hydrogen) atoms. The van der Waals surface area contributed by atoms with Crippen LogP contribution in [0.15, 0.2) is 59.1 Å². The van der Waals surface area contributed by atoms with E-state index in [2.05, 4.69) is 68.2 Å². The van der Waals surface area contributed by atoms with Gasteiger partial charge in [-0.05, 0) is 91.3 Å². The fourth-order valence-electron chi connectivity index (χ4n) is 5.68. The highest BCUT2D eigenvalue weighted by Crippen LogP contribution is 2.48. The van der Waals surface area contributed by atoms with Crippen LogP contribution < -0.4 is 0 Å². The van der Waals surface area contributed by atoms with Crippen molar-refractivity contribution in [1.29, 1.82) is 0 Å². The average molecular weight is 421 g/mol. The fourth-order valence-corrected chi connectivity index (χ4v) is 5.68. The van der Waals surface area contributed by atoms with Crippen molar-refractivity contribution in [3.8, 4) is 11.3 Å². The smallest absolute Gasteiger partial charge is 0.227 e. The van der Waals surface area contributed by atoms with Crippen molar-refractivity contribution in [2.24, 2.45) is 5.41 Å². The molecule has 0 saturated heterocycles. The molecule has 6 rings (SSSR count).